The SMILES string of the molecule is COC(C)CNc1ccccc1NCC(C)OC. The van der Waals surface area contributed by atoms with Crippen molar-refractivity contribution in [1.29, 1.82) is 0 Å². The van der Waals surface area contributed by atoms with Crippen LogP contribution in [0.5, 0.6) is 0 Å². The first-order valence-corrected chi connectivity index (χ1v) is 6.29. The van der Waals surface area contributed by atoms with Crippen LogP contribution in [0.15, 0.2) is 24.3 Å². The maximum absolute atomic E-state index is 5.22. The van der Waals surface area contributed by atoms with Gasteiger partial charge in [0.25, 0.3) is 0 Å². The number of hydrogen-bond donors (Lipinski definition) is 2. The van der Waals surface area contributed by atoms with Crippen molar-refractivity contribution in [3.8, 4) is 0 Å². The average Bonchev–Trinajstić information content (AvgIpc) is 2.42. The van der Waals surface area contributed by atoms with E-state index in [1.54, 1.807) is 14.2 Å². The Hall–Kier alpha value is -1.26. The lowest BCUT2D eigenvalue weighted by Crippen LogP contribution is -2.21. The lowest BCUT2D eigenvalue weighted by molar-refractivity contribution is 0.128. The molecule has 0 radical (unpaired) electrons. The Morgan fingerprint density at radius 3 is 1.61 bits per heavy atom. The minimum absolute atomic E-state index is 0.191. The van der Waals surface area contributed by atoms with Crippen LogP contribution in [0.25, 0.3) is 0 Å². The lowest BCUT2D eigenvalue weighted by Gasteiger charge is -2.17. The molecule has 1 aromatic carbocycles. The second-order valence-corrected chi connectivity index (χ2v) is 4.40. The molecular weight excluding hydrogens is 228 g/mol. The van der Waals surface area contributed by atoms with Gasteiger partial charge in [0.1, 0.15) is 0 Å². The molecule has 0 aliphatic carbocycles. The molecule has 0 fully saturated rings. The molecule has 0 spiro atoms. The van der Waals surface area contributed by atoms with Gasteiger partial charge in [-0.25, -0.2) is 0 Å². The van der Waals surface area contributed by atoms with Crippen molar-refractivity contribution in [2.75, 3.05) is 37.9 Å². The number of ether oxygens (including phenoxy) is 2. The van der Waals surface area contributed by atoms with Crippen LogP contribution >= 0.6 is 0 Å². The molecule has 4 heteroatoms. The highest BCUT2D eigenvalue weighted by Gasteiger charge is 2.05. The third-order valence-corrected chi connectivity index (χ3v) is 2.89. The summed E-state index contributed by atoms with van der Waals surface area (Å²) in [6.45, 7) is 5.65. The predicted octanol–water partition coefficient (Wildman–Crippen LogP) is 2.58. The maximum atomic E-state index is 5.22. The molecule has 0 bridgehead atoms. The van der Waals surface area contributed by atoms with Crippen molar-refractivity contribution < 1.29 is 9.47 Å². The Morgan fingerprint density at radius 1 is 0.889 bits per heavy atom. The van der Waals surface area contributed by atoms with Gasteiger partial charge in [0, 0.05) is 27.3 Å². The fraction of sp³-hybridized carbons (Fsp3) is 0.571. The second-order valence-electron chi connectivity index (χ2n) is 4.40. The first kappa shape index (κ1) is 14.8. The van der Waals surface area contributed by atoms with Gasteiger partial charge >= 0.3 is 0 Å². The summed E-state index contributed by atoms with van der Waals surface area (Å²) in [4.78, 5) is 0. The van der Waals surface area contributed by atoms with E-state index in [4.69, 9.17) is 9.47 Å². The summed E-state index contributed by atoms with van der Waals surface area (Å²) in [7, 11) is 3.44. The fourth-order valence-corrected chi connectivity index (χ4v) is 1.47. The van der Waals surface area contributed by atoms with E-state index in [-0.39, 0.29) is 12.2 Å². The van der Waals surface area contributed by atoms with Crippen LogP contribution in [-0.4, -0.2) is 39.5 Å². The molecule has 18 heavy (non-hydrogen) atoms. The third kappa shape index (κ3) is 4.94. The van der Waals surface area contributed by atoms with Crippen LogP contribution in [0.1, 0.15) is 13.8 Å². The number of para-hydroxylation sites is 2. The maximum Gasteiger partial charge on any atom is 0.0715 e. The molecule has 1 rings (SSSR count). The van der Waals surface area contributed by atoms with Crippen LogP contribution in [0.3, 0.4) is 0 Å². The Labute approximate surface area is 110 Å². The molecular formula is C14H24N2O2. The van der Waals surface area contributed by atoms with E-state index in [9.17, 15) is 0 Å². The summed E-state index contributed by atoms with van der Waals surface area (Å²) in [5, 5.41) is 6.75. The third-order valence-electron chi connectivity index (χ3n) is 2.89. The zero-order valence-electron chi connectivity index (χ0n) is 11.7. The van der Waals surface area contributed by atoms with Gasteiger partial charge in [-0.15, -0.1) is 0 Å². The van der Waals surface area contributed by atoms with Gasteiger partial charge < -0.3 is 20.1 Å². The van der Waals surface area contributed by atoms with Gasteiger partial charge in [-0.3, -0.25) is 0 Å². The van der Waals surface area contributed by atoms with Crippen molar-refractivity contribution in [2.45, 2.75) is 26.1 Å². The van der Waals surface area contributed by atoms with Crippen molar-refractivity contribution in [3.05, 3.63) is 24.3 Å². The van der Waals surface area contributed by atoms with Crippen LogP contribution in [0.2, 0.25) is 0 Å². The molecule has 0 aliphatic rings. The van der Waals surface area contributed by atoms with E-state index in [2.05, 4.69) is 22.8 Å². The summed E-state index contributed by atoms with van der Waals surface area (Å²) < 4.78 is 10.4. The number of nitrogens with one attached hydrogen (secondary N) is 2. The largest absolute Gasteiger partial charge is 0.381 e. The molecule has 0 heterocycles. The minimum atomic E-state index is 0.191. The predicted molar refractivity (Wildman–Crippen MR) is 76.4 cm³/mol. The molecule has 1 aromatic rings. The monoisotopic (exact) mass is 252 g/mol. The van der Waals surface area contributed by atoms with Gasteiger partial charge in [-0.05, 0) is 26.0 Å². The van der Waals surface area contributed by atoms with Crippen LogP contribution < -0.4 is 10.6 Å². The molecule has 4 nitrogen and oxygen atoms in total. The topological polar surface area (TPSA) is 42.5 Å². The average molecular weight is 252 g/mol. The van der Waals surface area contributed by atoms with E-state index >= 15 is 0 Å². The zero-order valence-corrected chi connectivity index (χ0v) is 11.7. The summed E-state index contributed by atoms with van der Waals surface area (Å²) in [5.74, 6) is 0. The number of hydrogen-bond acceptors (Lipinski definition) is 4. The van der Waals surface area contributed by atoms with E-state index < -0.39 is 0 Å². The first-order valence-electron chi connectivity index (χ1n) is 6.29. The molecule has 2 unspecified atom stereocenters. The van der Waals surface area contributed by atoms with Crippen LogP contribution in [0, 0.1) is 0 Å². The normalized spacial score (nSPS) is 14.0. The number of rotatable bonds is 8. The number of methoxy groups -OCH3 is 2. The van der Waals surface area contributed by atoms with Crippen LogP contribution in [0.4, 0.5) is 11.4 Å². The smallest absolute Gasteiger partial charge is 0.0715 e. The number of anilines is 2. The summed E-state index contributed by atoms with van der Waals surface area (Å²) in [6.07, 6.45) is 0.381. The minimum Gasteiger partial charge on any atom is -0.381 e. The van der Waals surface area contributed by atoms with Crippen molar-refractivity contribution in [3.63, 3.8) is 0 Å². The fourth-order valence-electron chi connectivity index (χ4n) is 1.47. The molecule has 2 N–H and O–H groups in total. The van der Waals surface area contributed by atoms with E-state index in [0.717, 1.165) is 24.5 Å². The Kier molecular flexibility index (Phi) is 6.54. The van der Waals surface area contributed by atoms with E-state index in [1.165, 1.54) is 0 Å². The Balaban J connectivity index is 2.56. The van der Waals surface area contributed by atoms with Crippen molar-refractivity contribution in [1.82, 2.24) is 0 Å². The van der Waals surface area contributed by atoms with E-state index in [0.29, 0.717) is 0 Å². The molecule has 0 aliphatic heterocycles. The highest BCUT2D eigenvalue weighted by molar-refractivity contribution is 5.68. The van der Waals surface area contributed by atoms with Gasteiger partial charge in [-0.2, -0.15) is 0 Å². The van der Waals surface area contributed by atoms with E-state index in [1.807, 2.05) is 26.0 Å². The van der Waals surface area contributed by atoms with Gasteiger partial charge in [0.05, 0.1) is 23.6 Å². The van der Waals surface area contributed by atoms with Gasteiger partial charge in [0.15, 0.2) is 0 Å². The highest BCUT2D eigenvalue weighted by atomic mass is 16.5. The Bertz CT molecular complexity index is 311. The molecule has 0 saturated carbocycles. The van der Waals surface area contributed by atoms with Gasteiger partial charge in [-0.1, -0.05) is 12.1 Å². The van der Waals surface area contributed by atoms with Gasteiger partial charge in [0.2, 0.25) is 0 Å². The van der Waals surface area contributed by atoms with Crippen molar-refractivity contribution >= 4 is 11.4 Å². The molecule has 0 aromatic heterocycles. The standard InChI is InChI=1S/C14H24N2O2/c1-11(17-3)9-15-13-7-5-6-8-14(13)16-10-12(2)18-4/h5-8,11-12,15-16H,9-10H2,1-4H3. The summed E-state index contributed by atoms with van der Waals surface area (Å²) in [5.41, 5.74) is 2.18. The highest BCUT2D eigenvalue weighted by Crippen LogP contribution is 2.20. The molecule has 0 saturated heterocycles. The summed E-state index contributed by atoms with van der Waals surface area (Å²) in [6, 6.07) is 8.15. The molecule has 2 atom stereocenters. The van der Waals surface area contributed by atoms with Crippen molar-refractivity contribution in [2.24, 2.45) is 0 Å². The Morgan fingerprint density at radius 2 is 1.28 bits per heavy atom. The first-order chi connectivity index (χ1) is 8.67. The van der Waals surface area contributed by atoms with Crippen LogP contribution in [-0.2, 0) is 9.47 Å². The summed E-state index contributed by atoms with van der Waals surface area (Å²) >= 11 is 0. The zero-order chi connectivity index (χ0) is 13.4. The molecule has 0 amide bonds. The molecule has 102 valence electrons. The second kappa shape index (κ2) is 7.95. The number of benzene rings is 1. The lowest BCUT2D eigenvalue weighted by atomic mass is 10.2. The quantitative estimate of drug-likeness (QED) is 0.746.